The summed E-state index contributed by atoms with van der Waals surface area (Å²) in [5.41, 5.74) is -2.80. The van der Waals surface area contributed by atoms with Crippen LogP contribution in [-0.4, -0.2) is 48.4 Å². The van der Waals surface area contributed by atoms with Crippen molar-refractivity contribution in [2.75, 3.05) is 20.0 Å². The highest BCUT2D eigenvalue weighted by Crippen LogP contribution is 2.74. The molecule has 0 bridgehead atoms. The monoisotopic (exact) mass is 584 g/mol. The molecule has 0 aromatic heterocycles. The van der Waals surface area contributed by atoms with Gasteiger partial charge in [0.15, 0.2) is 17.3 Å². The number of allylic oxidation sites excluding steroid dienone is 4. The molecule has 0 aliphatic heterocycles. The van der Waals surface area contributed by atoms with E-state index in [4.69, 9.17) is 4.74 Å². The lowest BCUT2D eigenvalue weighted by molar-refractivity contribution is -0.192. The number of carbonyl (C=O) groups is 4. The second kappa shape index (κ2) is 9.38. The number of hydrogen-bond donors (Lipinski definition) is 1. The quantitative estimate of drug-likeness (QED) is 0.243. The van der Waals surface area contributed by atoms with Gasteiger partial charge < -0.3 is 9.84 Å². The van der Waals surface area contributed by atoms with E-state index in [-0.39, 0.29) is 52.7 Å². The molecule has 0 unspecified atom stereocenters. The highest BCUT2D eigenvalue weighted by molar-refractivity contribution is 8.02. The van der Waals surface area contributed by atoms with E-state index in [0.29, 0.717) is 24.2 Å². The molecule has 8 atom stereocenters. The Morgan fingerprint density at radius 2 is 1.63 bits per heavy atom. The molecule has 5 rings (SSSR count). The van der Waals surface area contributed by atoms with Gasteiger partial charge in [-0.15, -0.1) is 11.8 Å². The number of aliphatic hydroxyl groups is 1. The molecule has 5 aliphatic rings. The average molecular weight is 585 g/mol. The molecule has 7 heteroatoms. The summed E-state index contributed by atoms with van der Waals surface area (Å²) in [5, 5.41) is 10.7. The average Bonchev–Trinajstić information content (AvgIpc) is 2.92. The molecule has 226 valence electrons. The Bertz CT molecular complexity index is 1290. The van der Waals surface area contributed by atoms with Gasteiger partial charge in [-0.2, -0.15) is 0 Å². The molecule has 41 heavy (non-hydrogen) atoms. The van der Waals surface area contributed by atoms with E-state index in [1.54, 1.807) is 19.9 Å². The molecule has 5 aliphatic carbocycles. The van der Waals surface area contributed by atoms with Crippen molar-refractivity contribution in [3.8, 4) is 0 Å². The molecule has 0 aromatic rings. The molecular formula is C34H48O6S. The van der Waals surface area contributed by atoms with Gasteiger partial charge in [0.25, 0.3) is 0 Å². The highest BCUT2D eigenvalue weighted by atomic mass is 32.2. The van der Waals surface area contributed by atoms with Crippen molar-refractivity contribution in [1.82, 2.24) is 0 Å². The molecule has 0 heterocycles. The third-order valence-electron chi connectivity index (χ3n) is 13.3. The minimum Gasteiger partial charge on any atom is -0.469 e. The smallest absolute Gasteiger partial charge is 0.312 e. The maximum absolute atomic E-state index is 14.6. The first-order chi connectivity index (χ1) is 18.9. The van der Waals surface area contributed by atoms with Crippen LogP contribution < -0.4 is 0 Å². The predicted octanol–water partition coefficient (Wildman–Crippen LogP) is 6.11. The number of ether oxygens (including phenoxy) is 1. The van der Waals surface area contributed by atoms with Crippen molar-refractivity contribution in [3.63, 3.8) is 0 Å². The van der Waals surface area contributed by atoms with Gasteiger partial charge in [0.1, 0.15) is 0 Å². The Kier molecular flexibility index (Phi) is 7.03. The van der Waals surface area contributed by atoms with Crippen LogP contribution in [0.5, 0.6) is 0 Å². The number of Topliss-reactive ketones (excluding diaryl/α,β-unsaturated/α-hetero) is 2. The van der Waals surface area contributed by atoms with Crippen molar-refractivity contribution in [3.05, 3.63) is 22.1 Å². The van der Waals surface area contributed by atoms with Gasteiger partial charge >= 0.3 is 5.97 Å². The van der Waals surface area contributed by atoms with Crippen LogP contribution in [0.4, 0.5) is 0 Å². The summed E-state index contributed by atoms with van der Waals surface area (Å²) < 4.78 is 5.42. The minimum absolute atomic E-state index is 0.0000441. The Morgan fingerprint density at radius 1 is 1.00 bits per heavy atom. The number of hydrogen-bond acceptors (Lipinski definition) is 7. The molecule has 0 amide bonds. The molecule has 0 radical (unpaired) electrons. The molecule has 4 saturated carbocycles. The van der Waals surface area contributed by atoms with Crippen LogP contribution in [0.2, 0.25) is 0 Å². The number of ketones is 3. The zero-order valence-electron chi connectivity index (χ0n) is 26.4. The van der Waals surface area contributed by atoms with E-state index < -0.39 is 33.0 Å². The summed E-state index contributed by atoms with van der Waals surface area (Å²) in [6.45, 7) is 14.1. The van der Waals surface area contributed by atoms with Crippen LogP contribution >= 0.6 is 11.8 Å². The van der Waals surface area contributed by atoms with Gasteiger partial charge in [-0.25, -0.2) is 0 Å². The third-order valence-corrected chi connectivity index (χ3v) is 14.2. The first kappa shape index (κ1) is 30.7. The predicted molar refractivity (Wildman–Crippen MR) is 160 cm³/mol. The zero-order valence-corrected chi connectivity index (χ0v) is 27.2. The van der Waals surface area contributed by atoms with Gasteiger partial charge in [0.2, 0.25) is 0 Å². The Balaban J connectivity index is 1.73. The van der Waals surface area contributed by atoms with Gasteiger partial charge in [-0.3, -0.25) is 19.2 Å². The van der Waals surface area contributed by atoms with Crippen molar-refractivity contribution in [2.45, 2.75) is 93.4 Å². The van der Waals surface area contributed by atoms with Crippen LogP contribution in [0.1, 0.15) is 93.4 Å². The van der Waals surface area contributed by atoms with Gasteiger partial charge in [0, 0.05) is 5.92 Å². The first-order valence-electron chi connectivity index (χ1n) is 15.3. The van der Waals surface area contributed by atoms with Crippen molar-refractivity contribution < 1.29 is 29.0 Å². The van der Waals surface area contributed by atoms with Crippen molar-refractivity contribution >= 4 is 35.1 Å². The lowest BCUT2D eigenvalue weighted by Gasteiger charge is -2.69. The Morgan fingerprint density at radius 3 is 2.22 bits per heavy atom. The Labute approximate surface area is 249 Å². The summed E-state index contributed by atoms with van der Waals surface area (Å²) >= 11 is 1.38. The number of rotatable bonds is 3. The topological polar surface area (TPSA) is 97.7 Å². The van der Waals surface area contributed by atoms with E-state index >= 15 is 0 Å². The summed E-state index contributed by atoms with van der Waals surface area (Å²) in [7, 11) is 1.46. The maximum atomic E-state index is 14.6. The summed E-state index contributed by atoms with van der Waals surface area (Å²) in [5.74, 6) is -1.57. The van der Waals surface area contributed by atoms with Gasteiger partial charge in [-0.05, 0) is 117 Å². The summed E-state index contributed by atoms with van der Waals surface area (Å²) in [4.78, 5) is 57.1. The fourth-order valence-corrected chi connectivity index (χ4v) is 10.9. The SMILES string of the molecule is COC(=O)[C@]12CCC(C)(C)C[C@H]1[C@H]1C(=O)C=C3[C@@]4(C)C(=O)/C(=C(/C)SC)C(=O)[C@](C)(CO)[C@@H]4CC[C@@]3(C)[C@]1(C)CC2. The third kappa shape index (κ3) is 3.66. The fourth-order valence-electron chi connectivity index (χ4n) is 10.6. The highest BCUT2D eigenvalue weighted by Gasteiger charge is 2.73. The lowest BCUT2D eigenvalue weighted by atomic mass is 9.33. The number of aliphatic hydroxyl groups excluding tert-OH is 1. The van der Waals surface area contributed by atoms with E-state index in [1.165, 1.54) is 18.9 Å². The summed E-state index contributed by atoms with van der Waals surface area (Å²) in [6, 6.07) is 0. The van der Waals surface area contributed by atoms with E-state index in [0.717, 1.165) is 31.3 Å². The van der Waals surface area contributed by atoms with Crippen molar-refractivity contribution in [1.29, 1.82) is 0 Å². The number of esters is 1. The van der Waals surface area contributed by atoms with Crippen LogP contribution in [0, 0.1) is 50.2 Å². The molecule has 0 saturated heterocycles. The first-order valence-corrected chi connectivity index (χ1v) is 16.5. The summed E-state index contributed by atoms with van der Waals surface area (Å²) in [6.07, 6.45) is 8.73. The minimum atomic E-state index is -1.11. The largest absolute Gasteiger partial charge is 0.469 e. The van der Waals surface area contributed by atoms with Crippen LogP contribution in [-0.2, 0) is 23.9 Å². The van der Waals surface area contributed by atoms with E-state index in [9.17, 15) is 24.3 Å². The normalized spacial score (nSPS) is 46.4. The van der Waals surface area contributed by atoms with Gasteiger partial charge in [-0.1, -0.05) is 27.7 Å². The molecule has 0 aromatic carbocycles. The Hall–Kier alpha value is -1.73. The van der Waals surface area contributed by atoms with Crippen LogP contribution in [0.25, 0.3) is 0 Å². The number of fused-ring (bicyclic) bond motifs is 7. The second-order valence-electron chi connectivity index (χ2n) is 15.5. The molecule has 1 N–H and O–H groups in total. The second-order valence-corrected chi connectivity index (χ2v) is 16.5. The molecule has 4 fully saturated rings. The standard InChI is InChI=1S/C34H48O6S/c1-19(41-9)24-26(37)30(4,18-35)22-10-11-31(5)23(33(22,7)27(24)38)16-21(36)25-20-17-29(2,3)12-14-34(20,28(39)40-8)15-13-32(25,31)6/h16,20,22,25,35H,10-15,17-18H2,1-9H3/b24-19-/t20-,22-,25-,30+,31+,32+,33-,34-/m0/s1. The number of carbonyl (C=O) groups excluding carboxylic acids is 4. The zero-order chi connectivity index (χ0) is 30.6. The van der Waals surface area contributed by atoms with E-state index in [2.05, 4.69) is 27.7 Å². The maximum Gasteiger partial charge on any atom is 0.312 e. The molecular weight excluding hydrogens is 536 g/mol. The van der Waals surface area contributed by atoms with Gasteiger partial charge in [0.05, 0.1) is 35.5 Å². The fraction of sp³-hybridized carbons (Fsp3) is 0.765. The lowest BCUT2D eigenvalue weighted by Crippen LogP contribution is -2.68. The molecule has 0 spiro atoms. The van der Waals surface area contributed by atoms with Crippen LogP contribution in [0.15, 0.2) is 22.1 Å². The number of methoxy groups -OCH3 is 1. The number of thioether (sulfide) groups is 1. The van der Waals surface area contributed by atoms with Crippen LogP contribution in [0.3, 0.4) is 0 Å². The van der Waals surface area contributed by atoms with E-state index in [1.807, 2.05) is 13.2 Å². The van der Waals surface area contributed by atoms with Crippen molar-refractivity contribution in [2.24, 2.45) is 50.2 Å². The molecule has 6 nitrogen and oxygen atoms in total.